The lowest BCUT2D eigenvalue weighted by Crippen LogP contribution is -2.35. The average molecular weight is 334 g/mol. The summed E-state index contributed by atoms with van der Waals surface area (Å²) in [7, 11) is -7.20. The monoisotopic (exact) mass is 334 g/mol. The second kappa shape index (κ2) is 5.35. The van der Waals surface area contributed by atoms with Crippen LogP contribution < -0.4 is 4.72 Å². The Morgan fingerprint density at radius 2 is 2.05 bits per heavy atom. The quantitative estimate of drug-likeness (QED) is 0.626. The van der Waals surface area contributed by atoms with Crippen LogP contribution in [0.2, 0.25) is 0 Å². The van der Waals surface area contributed by atoms with Gasteiger partial charge >= 0.3 is 0 Å². The molecule has 1 heterocycles. The fourth-order valence-corrected chi connectivity index (χ4v) is 5.20. The van der Waals surface area contributed by atoms with Crippen molar-refractivity contribution in [1.29, 1.82) is 0 Å². The lowest BCUT2D eigenvalue weighted by molar-refractivity contribution is -0.385. The summed E-state index contributed by atoms with van der Waals surface area (Å²) in [6.45, 7) is 1.51. The number of nitro benzene ring substituents is 1. The molecule has 1 aromatic rings. The normalized spacial score (nSPS) is 21.3. The first-order chi connectivity index (χ1) is 9.61. The first kappa shape index (κ1) is 15.9. The molecule has 1 saturated heterocycles. The van der Waals surface area contributed by atoms with Crippen molar-refractivity contribution in [2.24, 2.45) is 0 Å². The third kappa shape index (κ3) is 3.57. The van der Waals surface area contributed by atoms with Gasteiger partial charge in [-0.1, -0.05) is 6.07 Å². The van der Waals surface area contributed by atoms with Crippen molar-refractivity contribution in [2.75, 3.05) is 11.5 Å². The zero-order valence-electron chi connectivity index (χ0n) is 11.1. The van der Waals surface area contributed by atoms with Gasteiger partial charge < -0.3 is 0 Å². The van der Waals surface area contributed by atoms with Gasteiger partial charge in [-0.2, -0.15) is 0 Å². The summed E-state index contributed by atoms with van der Waals surface area (Å²) in [6.07, 6.45) is 0.204. The molecule has 1 unspecified atom stereocenters. The van der Waals surface area contributed by atoms with Gasteiger partial charge in [0.05, 0.1) is 21.3 Å². The van der Waals surface area contributed by atoms with Crippen LogP contribution in [0, 0.1) is 17.0 Å². The van der Waals surface area contributed by atoms with Crippen LogP contribution in [0.1, 0.15) is 12.0 Å². The van der Waals surface area contributed by atoms with Crippen molar-refractivity contribution in [3.05, 3.63) is 33.9 Å². The molecule has 0 saturated carbocycles. The summed E-state index contributed by atoms with van der Waals surface area (Å²) in [4.78, 5) is 9.94. The number of rotatable bonds is 4. The van der Waals surface area contributed by atoms with E-state index in [1.807, 2.05) is 0 Å². The molecule has 1 atom stereocenters. The van der Waals surface area contributed by atoms with Crippen molar-refractivity contribution in [2.45, 2.75) is 24.3 Å². The highest BCUT2D eigenvalue weighted by Crippen LogP contribution is 2.23. The summed E-state index contributed by atoms with van der Waals surface area (Å²) < 4.78 is 49.3. The first-order valence-electron chi connectivity index (χ1n) is 6.08. The minimum absolute atomic E-state index is 0.0613. The van der Waals surface area contributed by atoms with Gasteiger partial charge in [0.15, 0.2) is 9.84 Å². The minimum Gasteiger partial charge on any atom is -0.258 e. The second-order valence-corrected chi connectivity index (χ2v) is 8.87. The van der Waals surface area contributed by atoms with Crippen LogP contribution in [-0.2, 0) is 19.9 Å². The number of benzene rings is 1. The van der Waals surface area contributed by atoms with Gasteiger partial charge in [-0.05, 0) is 19.4 Å². The van der Waals surface area contributed by atoms with Gasteiger partial charge in [0.1, 0.15) is 0 Å². The van der Waals surface area contributed by atoms with Crippen molar-refractivity contribution in [1.82, 2.24) is 4.72 Å². The molecule has 1 aliphatic rings. The molecule has 1 N–H and O–H groups in total. The summed E-state index contributed by atoms with van der Waals surface area (Å²) in [5.41, 5.74) is 0.0549. The van der Waals surface area contributed by atoms with Crippen LogP contribution in [0.3, 0.4) is 0 Å². The van der Waals surface area contributed by atoms with E-state index in [0.29, 0.717) is 5.56 Å². The Bertz CT molecular complexity index is 785. The largest absolute Gasteiger partial charge is 0.273 e. The van der Waals surface area contributed by atoms with E-state index in [0.717, 1.165) is 6.07 Å². The van der Waals surface area contributed by atoms with E-state index in [2.05, 4.69) is 4.72 Å². The molecular formula is C11H14N2O6S2. The predicted molar refractivity (Wildman–Crippen MR) is 75.2 cm³/mol. The zero-order valence-corrected chi connectivity index (χ0v) is 12.8. The van der Waals surface area contributed by atoms with Crippen molar-refractivity contribution >= 4 is 25.5 Å². The van der Waals surface area contributed by atoms with Gasteiger partial charge in [0, 0.05) is 17.7 Å². The lowest BCUT2D eigenvalue weighted by Gasteiger charge is -2.11. The van der Waals surface area contributed by atoms with Gasteiger partial charge in [0.2, 0.25) is 10.0 Å². The number of aryl methyl sites for hydroxylation is 1. The van der Waals surface area contributed by atoms with E-state index in [1.54, 1.807) is 0 Å². The zero-order chi connectivity index (χ0) is 15.8. The average Bonchev–Trinajstić information content (AvgIpc) is 2.67. The Labute approximate surface area is 122 Å². The fraction of sp³-hybridized carbons (Fsp3) is 0.455. The molecular weight excluding hydrogens is 320 g/mol. The summed E-state index contributed by atoms with van der Waals surface area (Å²) in [5, 5.41) is 10.8. The first-order valence-corrected chi connectivity index (χ1v) is 9.39. The third-order valence-corrected chi connectivity index (χ3v) is 6.53. The number of hydrogen-bond acceptors (Lipinski definition) is 6. The number of hydrogen-bond donors (Lipinski definition) is 1. The van der Waals surface area contributed by atoms with Gasteiger partial charge in [-0.25, -0.2) is 21.6 Å². The molecule has 0 spiro atoms. The van der Waals surface area contributed by atoms with E-state index < -0.39 is 30.8 Å². The molecule has 0 aromatic heterocycles. The van der Waals surface area contributed by atoms with Gasteiger partial charge in [0.25, 0.3) is 5.69 Å². The summed E-state index contributed by atoms with van der Waals surface area (Å²) >= 11 is 0. The standard InChI is InChI=1S/C11H14N2O6S2/c1-8-2-3-10(6-11(8)13(14)15)21(18,19)12-9-4-5-20(16,17)7-9/h2-3,6,9,12H,4-5,7H2,1H3. The Morgan fingerprint density at radius 1 is 1.38 bits per heavy atom. The van der Waals surface area contributed by atoms with Crippen LogP contribution in [-0.4, -0.2) is 39.3 Å². The van der Waals surface area contributed by atoms with Crippen LogP contribution >= 0.6 is 0 Å². The highest BCUT2D eigenvalue weighted by Gasteiger charge is 2.32. The van der Waals surface area contributed by atoms with E-state index in [4.69, 9.17) is 0 Å². The molecule has 21 heavy (non-hydrogen) atoms. The number of sulfone groups is 1. The van der Waals surface area contributed by atoms with E-state index in [1.165, 1.54) is 19.1 Å². The van der Waals surface area contributed by atoms with Crippen LogP contribution in [0.4, 0.5) is 5.69 Å². The molecule has 10 heteroatoms. The molecule has 116 valence electrons. The van der Waals surface area contributed by atoms with E-state index in [-0.39, 0.29) is 28.5 Å². The predicted octanol–water partition coefficient (Wildman–Crippen LogP) is 0.369. The maximum atomic E-state index is 12.2. The highest BCUT2D eigenvalue weighted by molar-refractivity contribution is 7.92. The number of nitrogens with one attached hydrogen (secondary N) is 1. The molecule has 1 aliphatic heterocycles. The van der Waals surface area contributed by atoms with Crippen molar-refractivity contribution < 1.29 is 21.8 Å². The van der Waals surface area contributed by atoms with Crippen LogP contribution in [0.5, 0.6) is 0 Å². The smallest absolute Gasteiger partial charge is 0.258 e. The Hall–Kier alpha value is -1.52. The molecule has 0 radical (unpaired) electrons. The van der Waals surface area contributed by atoms with E-state index >= 15 is 0 Å². The molecule has 1 aromatic carbocycles. The van der Waals surface area contributed by atoms with Crippen molar-refractivity contribution in [3.8, 4) is 0 Å². The summed E-state index contributed by atoms with van der Waals surface area (Å²) in [6, 6.07) is 2.88. The topological polar surface area (TPSA) is 123 Å². The number of nitrogens with zero attached hydrogens (tertiary/aromatic N) is 1. The molecule has 0 bridgehead atoms. The molecule has 0 aliphatic carbocycles. The lowest BCUT2D eigenvalue weighted by atomic mass is 10.2. The maximum Gasteiger partial charge on any atom is 0.273 e. The molecule has 1 fully saturated rings. The van der Waals surface area contributed by atoms with Gasteiger partial charge in [-0.15, -0.1) is 0 Å². The Morgan fingerprint density at radius 3 is 2.57 bits per heavy atom. The van der Waals surface area contributed by atoms with Crippen LogP contribution in [0.15, 0.2) is 23.1 Å². The number of nitro groups is 1. The van der Waals surface area contributed by atoms with E-state index in [9.17, 15) is 26.9 Å². The Balaban J connectivity index is 2.28. The molecule has 8 nitrogen and oxygen atoms in total. The van der Waals surface area contributed by atoms with Gasteiger partial charge in [-0.3, -0.25) is 10.1 Å². The van der Waals surface area contributed by atoms with Crippen molar-refractivity contribution in [3.63, 3.8) is 0 Å². The third-order valence-electron chi connectivity index (χ3n) is 3.24. The highest BCUT2D eigenvalue weighted by atomic mass is 32.2. The molecule has 0 amide bonds. The fourth-order valence-electron chi connectivity index (χ4n) is 2.13. The summed E-state index contributed by atoms with van der Waals surface area (Å²) in [5.74, 6) is -0.311. The second-order valence-electron chi connectivity index (χ2n) is 4.93. The maximum absolute atomic E-state index is 12.2. The number of sulfonamides is 1. The minimum atomic E-state index is -3.99. The SMILES string of the molecule is Cc1ccc(S(=O)(=O)NC2CCS(=O)(=O)C2)cc1[N+](=O)[O-]. The Kier molecular flexibility index (Phi) is 4.04. The molecule has 2 rings (SSSR count). The van der Waals surface area contributed by atoms with Crippen LogP contribution in [0.25, 0.3) is 0 Å².